The number of anilines is 1. The van der Waals surface area contributed by atoms with E-state index in [1.807, 2.05) is 0 Å². The van der Waals surface area contributed by atoms with Crippen LogP contribution in [0.15, 0.2) is 11.4 Å². The van der Waals surface area contributed by atoms with Crippen molar-refractivity contribution in [2.24, 2.45) is 5.16 Å². The average molecular weight is 238 g/mol. The Morgan fingerprint density at radius 3 is 2.62 bits per heavy atom. The fraction of sp³-hybridized carbons (Fsp3) is 0.286. The minimum Gasteiger partial charge on any atom is -0.381 e. The molecule has 5 nitrogen and oxygen atoms in total. The van der Waals surface area contributed by atoms with Crippen molar-refractivity contribution >= 4 is 11.5 Å². The fourth-order valence-corrected chi connectivity index (χ4v) is 0.568. The highest BCUT2D eigenvalue weighted by Crippen LogP contribution is 2.17. The molecule has 9 heteroatoms. The zero-order valence-electron chi connectivity index (χ0n) is 7.92. The van der Waals surface area contributed by atoms with E-state index in [0.29, 0.717) is 13.1 Å². The molecule has 0 fully saturated rings. The van der Waals surface area contributed by atoms with Gasteiger partial charge in [0.1, 0.15) is 0 Å². The minimum atomic E-state index is -4.61. The Labute approximate surface area is 86.9 Å². The molecule has 0 radical (unpaired) electrons. The normalized spacial score (nSPS) is 12.7. The summed E-state index contributed by atoms with van der Waals surface area (Å²) in [5.41, 5.74) is 3.81. The molecule has 1 aromatic heterocycles. The van der Waals surface area contributed by atoms with Crippen LogP contribution in [0.25, 0.3) is 0 Å². The SMILES string of the molecule is C/C(=N\Oc1ncc(F)c(N)n1)C(F)(F)F. The highest BCUT2D eigenvalue weighted by Gasteiger charge is 2.33. The Bertz CT molecular complexity index is 417. The van der Waals surface area contributed by atoms with Gasteiger partial charge in [0.25, 0.3) is 0 Å². The molecule has 1 heterocycles. The van der Waals surface area contributed by atoms with Gasteiger partial charge in [0.05, 0.1) is 6.20 Å². The van der Waals surface area contributed by atoms with Crippen molar-refractivity contribution in [3.05, 3.63) is 12.0 Å². The number of aromatic nitrogens is 2. The molecule has 0 saturated carbocycles. The topological polar surface area (TPSA) is 73.4 Å². The number of halogens is 4. The second-order valence-corrected chi connectivity index (χ2v) is 2.65. The second-order valence-electron chi connectivity index (χ2n) is 2.65. The molecular weight excluding hydrogens is 232 g/mol. The Kier molecular flexibility index (Phi) is 3.25. The number of alkyl halides is 3. The van der Waals surface area contributed by atoms with Crippen LogP contribution in [0.1, 0.15) is 6.92 Å². The molecule has 0 saturated heterocycles. The molecule has 0 aliphatic carbocycles. The van der Waals surface area contributed by atoms with Gasteiger partial charge in [-0.25, -0.2) is 4.39 Å². The van der Waals surface area contributed by atoms with E-state index in [0.717, 1.165) is 0 Å². The Morgan fingerprint density at radius 1 is 1.50 bits per heavy atom. The molecule has 0 bridgehead atoms. The first kappa shape index (κ1) is 12.1. The predicted molar refractivity (Wildman–Crippen MR) is 46.2 cm³/mol. The summed E-state index contributed by atoms with van der Waals surface area (Å²) in [7, 11) is 0. The van der Waals surface area contributed by atoms with Gasteiger partial charge in [-0.05, 0) is 6.92 Å². The quantitative estimate of drug-likeness (QED) is 0.481. The minimum absolute atomic E-state index is 0.537. The lowest BCUT2D eigenvalue weighted by atomic mass is 10.4. The van der Waals surface area contributed by atoms with E-state index in [2.05, 4.69) is 20.0 Å². The average Bonchev–Trinajstić information content (AvgIpc) is 2.18. The van der Waals surface area contributed by atoms with Crippen molar-refractivity contribution in [1.29, 1.82) is 0 Å². The monoisotopic (exact) mass is 238 g/mol. The first-order valence-electron chi connectivity index (χ1n) is 3.87. The van der Waals surface area contributed by atoms with E-state index in [1.165, 1.54) is 0 Å². The van der Waals surface area contributed by atoms with Crippen molar-refractivity contribution in [2.45, 2.75) is 13.1 Å². The molecule has 0 spiro atoms. The molecule has 0 unspecified atom stereocenters. The van der Waals surface area contributed by atoms with Gasteiger partial charge in [-0.15, -0.1) is 0 Å². The van der Waals surface area contributed by atoms with E-state index in [1.54, 1.807) is 0 Å². The first-order chi connectivity index (χ1) is 7.30. The van der Waals surface area contributed by atoms with E-state index in [9.17, 15) is 17.6 Å². The standard InChI is InChI=1S/C7H6F4N4O/c1-3(7(9,10)11)15-16-6-13-2-4(8)5(12)14-6/h2H,1H3,(H2,12,13,14)/b15-3+. The van der Waals surface area contributed by atoms with Crippen molar-refractivity contribution in [3.63, 3.8) is 0 Å². The van der Waals surface area contributed by atoms with E-state index in [-0.39, 0.29) is 0 Å². The predicted octanol–water partition coefficient (Wildman–Crippen LogP) is 1.51. The Hall–Kier alpha value is -1.93. The van der Waals surface area contributed by atoms with Crippen LogP contribution in [-0.4, -0.2) is 21.9 Å². The summed E-state index contributed by atoms with van der Waals surface area (Å²) in [5.74, 6) is -1.44. The Balaban J connectivity index is 2.79. The highest BCUT2D eigenvalue weighted by atomic mass is 19.4. The van der Waals surface area contributed by atoms with Crippen molar-refractivity contribution < 1.29 is 22.4 Å². The van der Waals surface area contributed by atoms with Crippen LogP contribution in [0.3, 0.4) is 0 Å². The second kappa shape index (κ2) is 4.29. The zero-order chi connectivity index (χ0) is 12.3. The molecule has 16 heavy (non-hydrogen) atoms. The smallest absolute Gasteiger partial charge is 0.381 e. The zero-order valence-corrected chi connectivity index (χ0v) is 7.92. The molecule has 1 rings (SSSR count). The summed E-state index contributed by atoms with van der Waals surface area (Å²) in [6, 6.07) is -0.567. The largest absolute Gasteiger partial charge is 0.432 e. The van der Waals surface area contributed by atoms with Crippen LogP contribution < -0.4 is 10.6 Å². The van der Waals surface area contributed by atoms with Crippen LogP contribution in [0.4, 0.5) is 23.4 Å². The molecule has 0 amide bonds. The molecule has 0 atom stereocenters. The van der Waals surface area contributed by atoms with Crippen molar-refractivity contribution in [3.8, 4) is 6.01 Å². The van der Waals surface area contributed by atoms with Gasteiger partial charge in [0, 0.05) is 0 Å². The summed E-state index contributed by atoms with van der Waals surface area (Å²) >= 11 is 0. The van der Waals surface area contributed by atoms with E-state index < -0.39 is 29.5 Å². The molecule has 0 aromatic carbocycles. The van der Waals surface area contributed by atoms with Crippen LogP contribution in [0.2, 0.25) is 0 Å². The van der Waals surface area contributed by atoms with Crippen LogP contribution in [0.5, 0.6) is 6.01 Å². The van der Waals surface area contributed by atoms with Gasteiger partial charge in [-0.1, -0.05) is 5.16 Å². The number of hydrogen-bond donors (Lipinski definition) is 1. The van der Waals surface area contributed by atoms with Gasteiger partial charge >= 0.3 is 12.2 Å². The maximum absolute atomic E-state index is 12.6. The van der Waals surface area contributed by atoms with Crippen molar-refractivity contribution in [2.75, 3.05) is 5.73 Å². The van der Waals surface area contributed by atoms with E-state index in [4.69, 9.17) is 5.73 Å². The lowest BCUT2D eigenvalue weighted by Gasteiger charge is -2.04. The highest BCUT2D eigenvalue weighted by molar-refractivity contribution is 5.86. The lowest BCUT2D eigenvalue weighted by Crippen LogP contribution is -2.20. The molecule has 1 aromatic rings. The third kappa shape index (κ3) is 3.04. The number of rotatable bonds is 2. The first-order valence-corrected chi connectivity index (χ1v) is 3.87. The molecule has 0 aliphatic rings. The van der Waals surface area contributed by atoms with Gasteiger partial charge in [-0.2, -0.15) is 23.1 Å². The summed E-state index contributed by atoms with van der Waals surface area (Å²) in [5, 5.41) is 2.73. The summed E-state index contributed by atoms with van der Waals surface area (Å²) in [6.45, 7) is 0.701. The van der Waals surface area contributed by atoms with Crippen LogP contribution >= 0.6 is 0 Å². The number of oxime groups is 1. The summed E-state index contributed by atoms with van der Waals surface area (Å²) in [6.07, 6.45) is -3.94. The maximum Gasteiger partial charge on any atom is 0.432 e. The molecule has 2 N–H and O–H groups in total. The molecular formula is C7H6F4N4O. The number of nitrogens with two attached hydrogens (primary N) is 1. The van der Waals surface area contributed by atoms with Crippen molar-refractivity contribution in [1.82, 2.24) is 9.97 Å². The van der Waals surface area contributed by atoms with E-state index >= 15 is 0 Å². The Morgan fingerprint density at radius 2 is 2.12 bits per heavy atom. The summed E-state index contributed by atoms with van der Waals surface area (Å²) in [4.78, 5) is 10.7. The van der Waals surface area contributed by atoms with Gasteiger partial charge in [-0.3, -0.25) is 0 Å². The number of nitrogen functional groups attached to an aromatic ring is 1. The van der Waals surface area contributed by atoms with Gasteiger partial charge in [0.15, 0.2) is 17.3 Å². The van der Waals surface area contributed by atoms with Gasteiger partial charge < -0.3 is 10.6 Å². The van der Waals surface area contributed by atoms with Gasteiger partial charge in [0.2, 0.25) is 0 Å². The third-order valence-electron chi connectivity index (χ3n) is 1.42. The van der Waals surface area contributed by atoms with Crippen LogP contribution in [0, 0.1) is 5.82 Å². The fourth-order valence-electron chi connectivity index (χ4n) is 0.568. The lowest BCUT2D eigenvalue weighted by molar-refractivity contribution is -0.0610. The number of hydrogen-bond acceptors (Lipinski definition) is 5. The van der Waals surface area contributed by atoms with Crippen LogP contribution in [-0.2, 0) is 0 Å². The molecule has 0 aliphatic heterocycles. The summed E-state index contributed by atoms with van der Waals surface area (Å²) < 4.78 is 48.4. The molecule has 88 valence electrons. The number of nitrogens with zero attached hydrogens (tertiary/aromatic N) is 3. The third-order valence-corrected chi connectivity index (χ3v) is 1.42. The maximum atomic E-state index is 12.6.